The van der Waals surface area contributed by atoms with E-state index in [1.165, 1.54) is 24.3 Å². The van der Waals surface area contributed by atoms with E-state index in [-0.39, 0.29) is 23.6 Å². The molecule has 1 N–H and O–H groups in total. The second-order valence-corrected chi connectivity index (χ2v) is 6.49. The lowest BCUT2D eigenvalue weighted by Gasteiger charge is -2.23. The Morgan fingerprint density at radius 1 is 1.07 bits per heavy atom. The van der Waals surface area contributed by atoms with Gasteiger partial charge in [0.2, 0.25) is 0 Å². The molecule has 2 amide bonds. The predicted molar refractivity (Wildman–Crippen MR) is 95.1 cm³/mol. The summed E-state index contributed by atoms with van der Waals surface area (Å²) in [5, 5.41) is 2.89. The zero-order chi connectivity index (χ0) is 19.2. The predicted octanol–water partition coefficient (Wildman–Crippen LogP) is 4.34. The third-order valence-corrected chi connectivity index (χ3v) is 4.35. The van der Waals surface area contributed by atoms with Gasteiger partial charge in [0.05, 0.1) is 0 Å². The van der Waals surface area contributed by atoms with Crippen LogP contribution in [-0.2, 0) is 13.0 Å². The van der Waals surface area contributed by atoms with E-state index in [9.17, 15) is 18.0 Å². The van der Waals surface area contributed by atoms with Crippen molar-refractivity contribution >= 4 is 6.03 Å². The van der Waals surface area contributed by atoms with Gasteiger partial charge in [-0.3, -0.25) is 0 Å². The van der Waals surface area contributed by atoms with Crippen molar-refractivity contribution in [3.05, 3.63) is 65.5 Å². The maximum Gasteiger partial charge on any atom is 0.387 e. The van der Waals surface area contributed by atoms with Gasteiger partial charge in [0, 0.05) is 19.1 Å². The lowest BCUT2D eigenvalue weighted by Crippen LogP contribution is -2.41. The summed E-state index contributed by atoms with van der Waals surface area (Å²) in [6, 6.07) is 12.6. The van der Waals surface area contributed by atoms with Crippen LogP contribution < -0.4 is 10.1 Å². The molecule has 1 saturated carbocycles. The van der Waals surface area contributed by atoms with E-state index in [2.05, 4.69) is 10.1 Å². The highest BCUT2D eigenvalue weighted by atomic mass is 19.3. The first-order valence-electron chi connectivity index (χ1n) is 8.84. The lowest BCUT2D eigenvalue weighted by molar-refractivity contribution is -0.0498. The van der Waals surface area contributed by atoms with Gasteiger partial charge < -0.3 is 15.0 Å². The fourth-order valence-electron chi connectivity index (χ4n) is 2.79. The van der Waals surface area contributed by atoms with Gasteiger partial charge >= 0.3 is 12.6 Å². The van der Waals surface area contributed by atoms with Crippen LogP contribution in [0.15, 0.2) is 48.5 Å². The van der Waals surface area contributed by atoms with E-state index in [1.54, 1.807) is 29.2 Å². The minimum absolute atomic E-state index is 0.108. The zero-order valence-corrected chi connectivity index (χ0v) is 14.7. The molecule has 144 valence electrons. The molecule has 0 radical (unpaired) electrons. The number of carbonyl (C=O) groups excluding carboxylic acids is 1. The summed E-state index contributed by atoms with van der Waals surface area (Å²) in [5.74, 6) is -0.192. The van der Waals surface area contributed by atoms with Gasteiger partial charge in [0.15, 0.2) is 0 Å². The lowest BCUT2D eigenvalue weighted by atomic mass is 10.1. The van der Waals surface area contributed by atoms with E-state index in [0.717, 1.165) is 24.0 Å². The number of hydrogen-bond acceptors (Lipinski definition) is 2. The van der Waals surface area contributed by atoms with Crippen molar-refractivity contribution in [2.24, 2.45) is 0 Å². The molecule has 0 bridgehead atoms. The van der Waals surface area contributed by atoms with Gasteiger partial charge in [-0.25, -0.2) is 9.18 Å². The molecule has 3 rings (SSSR count). The standard InChI is InChI=1S/C20H21F3N2O2/c21-16-5-1-15(2-6-16)13-25(17-7-8-17)20(26)24-12-11-14-3-9-18(10-4-14)27-19(22)23/h1-6,9-10,17,19H,7-8,11-13H2,(H,24,26). The van der Waals surface area contributed by atoms with Crippen LogP contribution in [0.2, 0.25) is 0 Å². The summed E-state index contributed by atoms with van der Waals surface area (Å²) in [5.41, 5.74) is 1.79. The number of urea groups is 1. The van der Waals surface area contributed by atoms with Gasteiger partial charge in [-0.15, -0.1) is 0 Å². The molecule has 2 aromatic rings. The molecule has 27 heavy (non-hydrogen) atoms. The Kier molecular flexibility index (Phi) is 6.21. The molecule has 0 spiro atoms. The van der Waals surface area contributed by atoms with Crippen molar-refractivity contribution in [1.29, 1.82) is 0 Å². The first-order chi connectivity index (χ1) is 13.0. The molecular weight excluding hydrogens is 357 g/mol. The third-order valence-electron chi connectivity index (χ3n) is 4.35. The van der Waals surface area contributed by atoms with Crippen LogP contribution >= 0.6 is 0 Å². The Bertz CT molecular complexity index is 747. The monoisotopic (exact) mass is 378 g/mol. The highest BCUT2D eigenvalue weighted by Crippen LogP contribution is 2.28. The van der Waals surface area contributed by atoms with Crippen molar-refractivity contribution in [2.75, 3.05) is 6.54 Å². The van der Waals surface area contributed by atoms with Crippen molar-refractivity contribution in [2.45, 2.75) is 38.5 Å². The molecule has 0 atom stereocenters. The van der Waals surface area contributed by atoms with E-state index >= 15 is 0 Å². The molecule has 0 unspecified atom stereocenters. The number of benzene rings is 2. The quantitative estimate of drug-likeness (QED) is 0.742. The van der Waals surface area contributed by atoms with Crippen LogP contribution in [0, 0.1) is 5.82 Å². The van der Waals surface area contributed by atoms with Crippen LogP contribution in [0.1, 0.15) is 24.0 Å². The Hall–Kier alpha value is -2.70. The fraction of sp³-hybridized carbons (Fsp3) is 0.350. The summed E-state index contributed by atoms with van der Waals surface area (Å²) in [6.07, 6.45) is 2.52. The summed E-state index contributed by atoms with van der Waals surface area (Å²) in [7, 11) is 0. The number of halogens is 3. The number of rotatable bonds is 8. The highest BCUT2D eigenvalue weighted by molar-refractivity contribution is 5.75. The SMILES string of the molecule is O=C(NCCc1ccc(OC(F)F)cc1)N(Cc1ccc(F)cc1)C1CC1. The Balaban J connectivity index is 1.48. The number of nitrogens with one attached hydrogen (secondary N) is 1. The second-order valence-electron chi connectivity index (χ2n) is 6.49. The number of alkyl halides is 2. The average Bonchev–Trinajstić information content (AvgIpc) is 3.47. The first kappa shape index (κ1) is 19.1. The third kappa shape index (κ3) is 5.91. The number of hydrogen-bond donors (Lipinski definition) is 1. The number of ether oxygens (including phenoxy) is 1. The normalized spacial score (nSPS) is 13.5. The van der Waals surface area contributed by atoms with Crippen LogP contribution in [0.25, 0.3) is 0 Å². The largest absolute Gasteiger partial charge is 0.435 e. The molecule has 1 aliphatic carbocycles. The van der Waals surface area contributed by atoms with Crippen molar-refractivity contribution in [1.82, 2.24) is 10.2 Å². The maximum atomic E-state index is 13.0. The number of carbonyl (C=O) groups is 1. The molecule has 0 aromatic heterocycles. The van der Waals surface area contributed by atoms with Crippen LogP contribution in [0.4, 0.5) is 18.0 Å². The smallest absolute Gasteiger partial charge is 0.387 e. The molecule has 7 heteroatoms. The van der Waals surface area contributed by atoms with E-state index in [0.29, 0.717) is 19.5 Å². The minimum Gasteiger partial charge on any atom is -0.435 e. The molecule has 2 aromatic carbocycles. The van der Waals surface area contributed by atoms with Gasteiger partial charge in [0.25, 0.3) is 0 Å². The van der Waals surface area contributed by atoms with E-state index in [4.69, 9.17) is 0 Å². The molecule has 0 aliphatic heterocycles. The fourth-order valence-corrected chi connectivity index (χ4v) is 2.79. The summed E-state index contributed by atoms with van der Waals surface area (Å²) >= 11 is 0. The van der Waals surface area contributed by atoms with E-state index in [1.807, 2.05) is 0 Å². The van der Waals surface area contributed by atoms with Crippen molar-refractivity contribution < 1.29 is 22.7 Å². The van der Waals surface area contributed by atoms with Crippen LogP contribution in [-0.4, -0.2) is 30.1 Å². The summed E-state index contributed by atoms with van der Waals surface area (Å²) in [4.78, 5) is 14.3. The second kappa shape index (κ2) is 8.79. The minimum atomic E-state index is -2.84. The van der Waals surface area contributed by atoms with E-state index < -0.39 is 6.61 Å². The molecule has 1 fully saturated rings. The van der Waals surface area contributed by atoms with Gasteiger partial charge in [-0.05, 0) is 54.7 Å². The van der Waals surface area contributed by atoms with Gasteiger partial charge in [-0.2, -0.15) is 8.78 Å². The van der Waals surface area contributed by atoms with Crippen molar-refractivity contribution in [3.8, 4) is 5.75 Å². The summed E-state index contributed by atoms with van der Waals surface area (Å²) in [6.45, 7) is -1.97. The molecule has 4 nitrogen and oxygen atoms in total. The first-order valence-corrected chi connectivity index (χ1v) is 8.84. The van der Waals surface area contributed by atoms with Crippen LogP contribution in [0.3, 0.4) is 0 Å². The average molecular weight is 378 g/mol. The summed E-state index contributed by atoms with van der Waals surface area (Å²) < 4.78 is 41.6. The Labute approximate surface area is 155 Å². The Morgan fingerprint density at radius 2 is 1.70 bits per heavy atom. The molecule has 0 saturated heterocycles. The maximum absolute atomic E-state index is 13.0. The zero-order valence-electron chi connectivity index (χ0n) is 14.7. The van der Waals surface area contributed by atoms with Gasteiger partial charge in [0.1, 0.15) is 11.6 Å². The Morgan fingerprint density at radius 3 is 2.30 bits per heavy atom. The molecule has 1 aliphatic rings. The molecular formula is C20H21F3N2O2. The van der Waals surface area contributed by atoms with Crippen LogP contribution in [0.5, 0.6) is 5.75 Å². The number of amides is 2. The topological polar surface area (TPSA) is 41.6 Å². The van der Waals surface area contributed by atoms with Crippen molar-refractivity contribution in [3.63, 3.8) is 0 Å². The van der Waals surface area contributed by atoms with Gasteiger partial charge in [-0.1, -0.05) is 24.3 Å². The number of nitrogens with zero attached hydrogens (tertiary/aromatic N) is 1. The molecule has 0 heterocycles. The highest BCUT2D eigenvalue weighted by Gasteiger charge is 2.32.